The van der Waals surface area contributed by atoms with Crippen molar-refractivity contribution in [2.24, 2.45) is 0 Å². The largest absolute Gasteiger partial charge is 0.298 e. The Bertz CT molecular complexity index is 884. The van der Waals surface area contributed by atoms with Crippen LogP contribution in [-0.4, -0.2) is 42.6 Å². The lowest BCUT2D eigenvalue weighted by Crippen LogP contribution is -2.20. The summed E-state index contributed by atoms with van der Waals surface area (Å²) >= 11 is 0. The van der Waals surface area contributed by atoms with Gasteiger partial charge in [-0.15, -0.1) is 0 Å². The van der Waals surface area contributed by atoms with E-state index in [2.05, 4.69) is 37.9 Å². The van der Waals surface area contributed by atoms with E-state index in [-0.39, 0.29) is 0 Å². The van der Waals surface area contributed by atoms with Crippen molar-refractivity contribution in [2.75, 3.05) is 13.1 Å². The number of likely N-dealkylation sites (tertiary alicyclic amines) is 1. The van der Waals surface area contributed by atoms with Gasteiger partial charge in [-0.3, -0.25) is 4.90 Å². The first-order chi connectivity index (χ1) is 11.6. The second-order valence-electron chi connectivity index (χ2n) is 6.72. The first-order valence-corrected chi connectivity index (χ1v) is 8.43. The molecule has 3 aromatic rings. The van der Waals surface area contributed by atoms with E-state index in [1.165, 1.54) is 5.56 Å². The van der Waals surface area contributed by atoms with E-state index in [1.54, 1.807) is 0 Å². The van der Waals surface area contributed by atoms with Gasteiger partial charge in [0.2, 0.25) is 0 Å². The fraction of sp³-hybridized carbons (Fsp3) is 0.444. The average Bonchev–Trinajstić information content (AvgIpc) is 3.16. The third-order valence-corrected chi connectivity index (χ3v) is 4.70. The van der Waals surface area contributed by atoms with Gasteiger partial charge in [-0.2, -0.15) is 5.10 Å². The van der Waals surface area contributed by atoms with Crippen LogP contribution in [0.1, 0.15) is 40.8 Å². The summed E-state index contributed by atoms with van der Waals surface area (Å²) in [5, 5.41) is 4.49. The van der Waals surface area contributed by atoms with Crippen LogP contribution in [-0.2, 0) is 6.54 Å². The Balaban J connectivity index is 1.53. The first-order valence-electron chi connectivity index (χ1n) is 8.43. The Morgan fingerprint density at radius 1 is 1.17 bits per heavy atom. The predicted molar refractivity (Wildman–Crippen MR) is 91.9 cm³/mol. The highest BCUT2D eigenvalue weighted by Crippen LogP contribution is 2.26. The number of hydrogen-bond acceptors (Lipinski definition) is 5. The van der Waals surface area contributed by atoms with Gasteiger partial charge in [0.15, 0.2) is 5.65 Å². The molecule has 124 valence electrons. The molecular weight excluding hydrogens is 300 g/mol. The minimum atomic E-state index is 0.420. The van der Waals surface area contributed by atoms with Crippen molar-refractivity contribution in [3.05, 3.63) is 53.0 Å². The molecule has 0 radical (unpaired) electrons. The zero-order valence-electron chi connectivity index (χ0n) is 14.4. The van der Waals surface area contributed by atoms with E-state index in [1.807, 2.05) is 36.8 Å². The standard InChI is InChI=1S/C18H22N6/c1-12-4-6-19-17(21-12)15-5-7-23(10-15)11-16-9-20-24-14(3)8-13(2)22-18(16)24/h4,6,8-9,15H,5,7,10-11H2,1-3H3. The summed E-state index contributed by atoms with van der Waals surface area (Å²) in [6.45, 7) is 9.05. The third-order valence-electron chi connectivity index (χ3n) is 4.70. The molecule has 1 saturated heterocycles. The van der Waals surface area contributed by atoms with E-state index in [4.69, 9.17) is 0 Å². The average molecular weight is 322 g/mol. The molecule has 1 aliphatic heterocycles. The zero-order chi connectivity index (χ0) is 16.7. The molecule has 4 rings (SSSR count). The van der Waals surface area contributed by atoms with Gasteiger partial charge in [0.05, 0.1) is 6.20 Å². The quantitative estimate of drug-likeness (QED) is 0.741. The van der Waals surface area contributed by atoms with Gasteiger partial charge in [0.25, 0.3) is 0 Å². The zero-order valence-corrected chi connectivity index (χ0v) is 14.4. The lowest BCUT2D eigenvalue weighted by atomic mass is 10.1. The fourth-order valence-electron chi connectivity index (χ4n) is 3.52. The Kier molecular flexibility index (Phi) is 3.76. The van der Waals surface area contributed by atoms with Crippen LogP contribution in [0, 0.1) is 20.8 Å². The molecule has 24 heavy (non-hydrogen) atoms. The molecule has 1 fully saturated rings. The van der Waals surface area contributed by atoms with Crippen molar-refractivity contribution in [3.63, 3.8) is 0 Å². The van der Waals surface area contributed by atoms with Gasteiger partial charge in [-0.05, 0) is 45.9 Å². The summed E-state index contributed by atoms with van der Waals surface area (Å²) < 4.78 is 1.93. The van der Waals surface area contributed by atoms with Crippen LogP contribution in [0.4, 0.5) is 0 Å². The van der Waals surface area contributed by atoms with Crippen LogP contribution >= 0.6 is 0 Å². The Morgan fingerprint density at radius 3 is 2.88 bits per heavy atom. The second kappa shape index (κ2) is 5.94. The minimum Gasteiger partial charge on any atom is -0.298 e. The van der Waals surface area contributed by atoms with Crippen molar-refractivity contribution in [1.29, 1.82) is 0 Å². The first kappa shape index (κ1) is 15.2. The SMILES string of the molecule is Cc1ccnc(C2CCN(Cc3cnn4c(C)cc(C)nc34)C2)n1. The van der Waals surface area contributed by atoms with Crippen molar-refractivity contribution < 1.29 is 0 Å². The maximum atomic E-state index is 4.68. The van der Waals surface area contributed by atoms with Gasteiger partial charge in [0, 0.05) is 47.8 Å². The van der Waals surface area contributed by atoms with E-state index in [0.717, 1.165) is 54.6 Å². The summed E-state index contributed by atoms with van der Waals surface area (Å²) in [6, 6.07) is 4.01. The monoisotopic (exact) mass is 322 g/mol. The Morgan fingerprint density at radius 2 is 2.04 bits per heavy atom. The molecule has 1 unspecified atom stereocenters. The number of fused-ring (bicyclic) bond motifs is 1. The molecule has 0 aromatic carbocycles. The predicted octanol–water partition coefficient (Wildman–Crippen LogP) is 2.43. The molecule has 0 amide bonds. The maximum Gasteiger partial charge on any atom is 0.159 e. The topological polar surface area (TPSA) is 59.2 Å². The number of rotatable bonds is 3. The van der Waals surface area contributed by atoms with Gasteiger partial charge in [-0.25, -0.2) is 19.5 Å². The van der Waals surface area contributed by atoms with Gasteiger partial charge in [0.1, 0.15) is 5.82 Å². The maximum absolute atomic E-state index is 4.68. The van der Waals surface area contributed by atoms with E-state index in [9.17, 15) is 0 Å². The second-order valence-corrected chi connectivity index (χ2v) is 6.72. The van der Waals surface area contributed by atoms with E-state index < -0.39 is 0 Å². The van der Waals surface area contributed by atoms with Crippen molar-refractivity contribution in [3.8, 4) is 0 Å². The summed E-state index contributed by atoms with van der Waals surface area (Å²) in [4.78, 5) is 16.2. The molecule has 0 N–H and O–H groups in total. The van der Waals surface area contributed by atoms with Crippen LogP contribution in [0.15, 0.2) is 24.5 Å². The van der Waals surface area contributed by atoms with Gasteiger partial charge < -0.3 is 0 Å². The molecule has 6 nitrogen and oxygen atoms in total. The number of hydrogen-bond donors (Lipinski definition) is 0. The smallest absolute Gasteiger partial charge is 0.159 e. The fourth-order valence-corrected chi connectivity index (χ4v) is 3.52. The van der Waals surface area contributed by atoms with Crippen LogP contribution in [0.5, 0.6) is 0 Å². The Labute approximate surface area is 141 Å². The normalized spacial score (nSPS) is 18.5. The van der Waals surface area contributed by atoms with Gasteiger partial charge in [-0.1, -0.05) is 0 Å². The summed E-state index contributed by atoms with van der Waals surface area (Å²) in [7, 11) is 0. The number of aromatic nitrogens is 5. The summed E-state index contributed by atoms with van der Waals surface area (Å²) in [5.41, 5.74) is 5.36. The van der Waals surface area contributed by atoms with E-state index >= 15 is 0 Å². The molecule has 1 aliphatic rings. The minimum absolute atomic E-state index is 0.420. The Hall–Kier alpha value is -2.34. The summed E-state index contributed by atoms with van der Waals surface area (Å²) in [6.07, 6.45) is 4.92. The lowest BCUT2D eigenvalue weighted by molar-refractivity contribution is 0.326. The molecule has 6 heteroatoms. The third kappa shape index (κ3) is 2.78. The van der Waals surface area contributed by atoms with Crippen LogP contribution in [0.3, 0.4) is 0 Å². The summed E-state index contributed by atoms with van der Waals surface area (Å²) in [5.74, 6) is 1.39. The van der Waals surface area contributed by atoms with Crippen LogP contribution in [0.2, 0.25) is 0 Å². The molecule has 0 spiro atoms. The van der Waals surface area contributed by atoms with Crippen molar-refractivity contribution >= 4 is 5.65 Å². The highest BCUT2D eigenvalue weighted by atomic mass is 15.3. The molecule has 0 bridgehead atoms. The molecule has 0 saturated carbocycles. The van der Waals surface area contributed by atoms with Crippen molar-refractivity contribution in [2.45, 2.75) is 39.7 Å². The lowest BCUT2D eigenvalue weighted by Gasteiger charge is -2.15. The highest BCUT2D eigenvalue weighted by Gasteiger charge is 2.26. The van der Waals surface area contributed by atoms with Crippen LogP contribution < -0.4 is 0 Å². The molecule has 4 heterocycles. The molecular formula is C18H22N6. The van der Waals surface area contributed by atoms with Crippen molar-refractivity contribution in [1.82, 2.24) is 29.5 Å². The highest BCUT2D eigenvalue weighted by molar-refractivity contribution is 5.47. The number of aryl methyl sites for hydroxylation is 3. The molecule has 3 aromatic heterocycles. The molecule has 0 aliphatic carbocycles. The number of nitrogens with zero attached hydrogens (tertiary/aromatic N) is 6. The molecule has 1 atom stereocenters. The van der Waals surface area contributed by atoms with Gasteiger partial charge >= 0.3 is 0 Å². The van der Waals surface area contributed by atoms with Crippen LogP contribution in [0.25, 0.3) is 5.65 Å². The van der Waals surface area contributed by atoms with E-state index in [0.29, 0.717) is 5.92 Å².